The van der Waals surface area contributed by atoms with E-state index in [9.17, 15) is 18.8 Å². The van der Waals surface area contributed by atoms with E-state index in [-0.39, 0.29) is 29.0 Å². The lowest BCUT2D eigenvalue weighted by atomic mass is 9.92. The molecular formula is C22H22F2N6O2S. The second kappa shape index (κ2) is 8.26. The smallest absolute Gasteiger partial charge is 0.388 e. The minimum absolute atomic E-state index is 0.0940. The van der Waals surface area contributed by atoms with E-state index in [1.807, 2.05) is 13.0 Å². The molecule has 2 aliphatic heterocycles. The first-order valence-electron chi connectivity index (χ1n) is 10.7. The zero-order valence-corrected chi connectivity index (χ0v) is 19.0. The summed E-state index contributed by atoms with van der Waals surface area (Å²) in [5.74, 6) is 0.812. The summed E-state index contributed by atoms with van der Waals surface area (Å²) in [4.78, 5) is 26.8. The predicted octanol–water partition coefficient (Wildman–Crippen LogP) is 3.28. The minimum Gasteiger partial charge on any atom is -0.417 e. The number of pyridine rings is 2. The molecule has 3 aromatic rings. The number of alkyl halides is 2. The molecule has 2 saturated heterocycles. The molecule has 3 aromatic heterocycles. The summed E-state index contributed by atoms with van der Waals surface area (Å²) in [6, 6.07) is 7.21. The maximum atomic E-state index is 12.9. The zero-order chi connectivity index (χ0) is 23.3. The minimum atomic E-state index is -2.92. The molecule has 0 N–H and O–H groups in total. The monoisotopic (exact) mass is 472 g/mol. The first-order chi connectivity index (χ1) is 15.9. The normalized spacial score (nSPS) is 20.4. The van der Waals surface area contributed by atoms with Gasteiger partial charge in [-0.3, -0.25) is 4.79 Å². The van der Waals surface area contributed by atoms with Crippen molar-refractivity contribution >= 4 is 33.2 Å². The Morgan fingerprint density at radius 1 is 1.27 bits per heavy atom. The van der Waals surface area contributed by atoms with Crippen molar-refractivity contribution < 1.29 is 13.5 Å². The first kappa shape index (κ1) is 21.6. The summed E-state index contributed by atoms with van der Waals surface area (Å²) in [5, 5.41) is 10.6. The van der Waals surface area contributed by atoms with Crippen LogP contribution in [0.25, 0.3) is 10.3 Å². The highest BCUT2D eigenvalue weighted by Gasteiger charge is 2.40. The zero-order valence-electron chi connectivity index (χ0n) is 18.2. The number of ether oxygens (including phenoxy) is 1. The van der Waals surface area contributed by atoms with Crippen LogP contribution in [-0.2, 0) is 7.05 Å². The Labute approximate surface area is 192 Å². The Morgan fingerprint density at radius 2 is 2.09 bits per heavy atom. The van der Waals surface area contributed by atoms with E-state index in [4.69, 9.17) is 0 Å². The van der Waals surface area contributed by atoms with Crippen LogP contribution in [0.5, 0.6) is 5.88 Å². The number of hydrogen-bond donors (Lipinski definition) is 0. The first-order valence-corrected chi connectivity index (χ1v) is 11.5. The second-order valence-electron chi connectivity index (χ2n) is 8.34. The number of piperidine rings is 1. The van der Waals surface area contributed by atoms with E-state index in [0.717, 1.165) is 29.2 Å². The molecule has 0 amide bonds. The van der Waals surface area contributed by atoms with Crippen molar-refractivity contribution in [3.05, 3.63) is 39.1 Å². The maximum absolute atomic E-state index is 12.9. The van der Waals surface area contributed by atoms with E-state index in [1.54, 1.807) is 13.1 Å². The van der Waals surface area contributed by atoms with Crippen molar-refractivity contribution in [3.63, 3.8) is 0 Å². The second-order valence-corrected chi connectivity index (χ2v) is 9.52. The third-order valence-electron chi connectivity index (χ3n) is 6.48. The summed E-state index contributed by atoms with van der Waals surface area (Å²) >= 11 is 1.45. The van der Waals surface area contributed by atoms with Gasteiger partial charge in [0.1, 0.15) is 27.8 Å². The van der Waals surface area contributed by atoms with Crippen LogP contribution < -0.4 is 20.1 Å². The van der Waals surface area contributed by atoms with Crippen LogP contribution in [0.1, 0.15) is 23.4 Å². The quantitative estimate of drug-likeness (QED) is 0.576. The van der Waals surface area contributed by atoms with Crippen molar-refractivity contribution in [2.45, 2.75) is 32.4 Å². The standard InChI is InChI=1S/C22H22F2N6O2S/c1-12-26-18-19(14(10-25)20(31)28(2)21(18)33-12)29-8-7-15-13(11-29)6-9-30(15)16-4-3-5-17(27-16)32-22(23)24/h3-5,13,15,22H,6-9,11H2,1-2H3/t13-,15+/m1/s1. The molecule has 172 valence electrons. The lowest BCUT2D eigenvalue weighted by molar-refractivity contribution is -0.0527. The summed E-state index contributed by atoms with van der Waals surface area (Å²) in [6.45, 7) is 1.06. The largest absolute Gasteiger partial charge is 0.417 e. The molecule has 5 rings (SSSR count). The van der Waals surface area contributed by atoms with Crippen LogP contribution in [0.2, 0.25) is 0 Å². The van der Waals surface area contributed by atoms with Gasteiger partial charge in [0.15, 0.2) is 0 Å². The van der Waals surface area contributed by atoms with Gasteiger partial charge in [-0.05, 0) is 31.7 Å². The van der Waals surface area contributed by atoms with Gasteiger partial charge in [0.05, 0.1) is 10.7 Å². The molecule has 2 atom stereocenters. The maximum Gasteiger partial charge on any atom is 0.388 e. The van der Waals surface area contributed by atoms with Crippen molar-refractivity contribution in [3.8, 4) is 11.9 Å². The number of nitrogens with zero attached hydrogens (tertiary/aromatic N) is 6. The molecule has 0 bridgehead atoms. The van der Waals surface area contributed by atoms with Gasteiger partial charge in [0.2, 0.25) is 5.88 Å². The number of thiazole rings is 1. The molecule has 33 heavy (non-hydrogen) atoms. The molecule has 2 fully saturated rings. The Kier molecular flexibility index (Phi) is 5.40. The Morgan fingerprint density at radius 3 is 2.85 bits per heavy atom. The van der Waals surface area contributed by atoms with Crippen molar-refractivity contribution in [2.24, 2.45) is 13.0 Å². The van der Waals surface area contributed by atoms with E-state index >= 15 is 0 Å². The molecule has 11 heteroatoms. The van der Waals surface area contributed by atoms with Crippen LogP contribution >= 0.6 is 11.3 Å². The third-order valence-corrected chi connectivity index (χ3v) is 7.52. The van der Waals surface area contributed by atoms with Crippen molar-refractivity contribution in [1.29, 1.82) is 5.26 Å². The van der Waals surface area contributed by atoms with E-state index < -0.39 is 6.61 Å². The molecule has 0 aliphatic carbocycles. The van der Waals surface area contributed by atoms with Crippen LogP contribution in [0.15, 0.2) is 23.0 Å². The lowest BCUT2D eigenvalue weighted by Crippen LogP contribution is -2.47. The van der Waals surface area contributed by atoms with Crippen molar-refractivity contribution in [2.75, 3.05) is 29.4 Å². The van der Waals surface area contributed by atoms with Gasteiger partial charge in [-0.15, -0.1) is 11.3 Å². The van der Waals surface area contributed by atoms with E-state index in [0.29, 0.717) is 30.1 Å². The number of halogens is 2. The van der Waals surface area contributed by atoms with Gasteiger partial charge < -0.3 is 19.1 Å². The number of aryl methyl sites for hydroxylation is 2. The summed E-state index contributed by atoms with van der Waals surface area (Å²) in [6.07, 6.45) is 1.69. The van der Waals surface area contributed by atoms with Gasteiger partial charge in [0.25, 0.3) is 5.56 Å². The summed E-state index contributed by atoms with van der Waals surface area (Å²) in [7, 11) is 1.67. The predicted molar refractivity (Wildman–Crippen MR) is 121 cm³/mol. The number of anilines is 2. The van der Waals surface area contributed by atoms with Gasteiger partial charge in [0, 0.05) is 38.8 Å². The molecular weight excluding hydrogens is 450 g/mol. The molecule has 8 nitrogen and oxygen atoms in total. The van der Waals surface area contributed by atoms with E-state index in [1.165, 1.54) is 22.0 Å². The highest BCUT2D eigenvalue weighted by atomic mass is 32.1. The summed E-state index contributed by atoms with van der Waals surface area (Å²) in [5.41, 5.74) is 1.14. The van der Waals surface area contributed by atoms with Crippen LogP contribution in [0, 0.1) is 24.2 Å². The molecule has 0 unspecified atom stereocenters. The lowest BCUT2D eigenvalue weighted by Gasteiger charge is -2.39. The molecule has 0 saturated carbocycles. The Hall–Kier alpha value is -3.26. The van der Waals surface area contributed by atoms with E-state index in [2.05, 4.69) is 30.6 Å². The van der Waals surface area contributed by atoms with Gasteiger partial charge in [-0.2, -0.15) is 19.0 Å². The number of aromatic nitrogens is 3. The molecule has 0 radical (unpaired) electrons. The average molecular weight is 473 g/mol. The summed E-state index contributed by atoms with van der Waals surface area (Å²) < 4.78 is 31.2. The SMILES string of the molecule is Cc1nc2c(N3CC[C@H]4[C@H](CCN4c4cccc(OC(F)F)n4)C3)c(C#N)c(=O)n(C)c2s1. The van der Waals surface area contributed by atoms with Gasteiger partial charge in [-0.1, -0.05) is 6.07 Å². The van der Waals surface area contributed by atoms with Crippen LogP contribution in [-0.4, -0.2) is 46.8 Å². The highest BCUT2D eigenvalue weighted by Crippen LogP contribution is 2.39. The number of rotatable bonds is 4. The fraction of sp³-hybridized carbons (Fsp3) is 0.455. The highest BCUT2D eigenvalue weighted by molar-refractivity contribution is 7.18. The average Bonchev–Trinajstić information content (AvgIpc) is 3.38. The van der Waals surface area contributed by atoms with Gasteiger partial charge in [-0.25, -0.2) is 4.98 Å². The number of hydrogen-bond acceptors (Lipinski definition) is 8. The number of fused-ring (bicyclic) bond motifs is 2. The molecule has 2 aliphatic rings. The molecule has 0 spiro atoms. The Balaban J connectivity index is 1.44. The number of nitriles is 1. The fourth-order valence-corrected chi connectivity index (χ4v) is 5.95. The Bertz CT molecular complexity index is 1320. The topological polar surface area (TPSA) is 87.3 Å². The molecule has 0 aromatic carbocycles. The third kappa shape index (κ3) is 3.68. The van der Waals surface area contributed by atoms with Gasteiger partial charge >= 0.3 is 6.61 Å². The van der Waals surface area contributed by atoms with Crippen molar-refractivity contribution in [1.82, 2.24) is 14.5 Å². The molecule has 5 heterocycles. The van der Waals surface area contributed by atoms with Crippen LogP contribution in [0.4, 0.5) is 20.3 Å². The fourth-order valence-electron chi connectivity index (χ4n) is 5.08. The van der Waals surface area contributed by atoms with Crippen LogP contribution in [0.3, 0.4) is 0 Å².